The average molecular weight is 2020 g/mol. The molecule has 0 aliphatic carbocycles. The molecule has 0 heterocycles. The van der Waals surface area contributed by atoms with E-state index in [9.17, 15) is 120 Å². The van der Waals surface area contributed by atoms with E-state index in [1.54, 1.807) is 7.05 Å². The second kappa shape index (κ2) is 66.4. The molecule has 51 heteroatoms. The van der Waals surface area contributed by atoms with Gasteiger partial charge in [0.1, 0.15) is 0 Å². The number of nitrogens with zero attached hydrogens (tertiary/aromatic N) is 24. The SMILES string of the molecule is CCCCCCCCCCCCCCCCNC(=O)CN(C)C(=O)CN(C)C(=O)CN(C)C(=O)CN(C)C(=O)CN(C)C(=O)CN(C)C(=O)CN(C)C(=O)CN(C)C(=O)CN(C)C(=O)CN(C)C(=O)CN(C)C(=O)CN(C)C(=O)CN(C)C(=O)CN(C)C(=O)CN(C)C(=O)CN(C)C(=O)CN(C)C(=O)CN(C)C(=O)CN(C)C(=O)CN(C)C(=O)CN(C)C(=O)CN(C)C(=O)CN(C)C(=O)CN(C)C(=O)CNC. The van der Waals surface area contributed by atoms with E-state index in [-0.39, 0.29) is 38.0 Å². The Balaban J connectivity index is 4.99. The summed E-state index contributed by atoms with van der Waals surface area (Å²) in [4.78, 5) is 351. The predicted octanol–water partition coefficient (Wildman–Crippen LogP) is -8.20. The molecule has 142 heavy (non-hydrogen) atoms. The van der Waals surface area contributed by atoms with E-state index in [4.69, 9.17) is 0 Å². The van der Waals surface area contributed by atoms with Gasteiger partial charge in [-0.2, -0.15) is 0 Å². The Bertz CT molecular complexity index is 4210. The normalized spacial score (nSPS) is 10.6. The maximum Gasteiger partial charge on any atom is 0.242 e. The lowest BCUT2D eigenvalue weighted by molar-refractivity contribution is -0.147. The molecule has 0 aromatic carbocycles. The first kappa shape index (κ1) is 129. The first-order valence-electron chi connectivity index (χ1n) is 46.8. The minimum absolute atomic E-state index is 0.00918. The van der Waals surface area contributed by atoms with Crippen LogP contribution in [0.1, 0.15) is 96.8 Å². The molecule has 0 aliphatic heterocycles. The van der Waals surface area contributed by atoms with Crippen molar-refractivity contribution in [2.24, 2.45) is 0 Å². The Morgan fingerprint density at radius 1 is 0.141 bits per heavy atom. The van der Waals surface area contributed by atoms with Crippen molar-refractivity contribution in [2.75, 3.05) is 346 Å². The predicted molar refractivity (Wildman–Crippen MR) is 521 cm³/mol. The molecule has 0 spiro atoms. The van der Waals surface area contributed by atoms with E-state index >= 15 is 0 Å². The van der Waals surface area contributed by atoms with Crippen LogP contribution in [0.5, 0.6) is 0 Å². The van der Waals surface area contributed by atoms with Crippen molar-refractivity contribution in [1.82, 2.24) is 128 Å². The molecule has 0 bridgehead atoms. The van der Waals surface area contributed by atoms with Gasteiger partial charge in [-0.05, 0) is 13.5 Å². The Morgan fingerprint density at radius 3 is 0.352 bits per heavy atom. The molecule has 0 fully saturated rings. The molecule has 0 unspecified atom stereocenters. The van der Waals surface area contributed by atoms with E-state index in [0.717, 1.165) is 127 Å². The number of hydrogen-bond donors (Lipinski definition) is 2. The highest BCUT2D eigenvalue weighted by Crippen LogP contribution is 2.14. The first-order valence-corrected chi connectivity index (χ1v) is 46.8. The lowest BCUT2D eigenvalue weighted by Gasteiger charge is -2.28. The molecule has 0 radical (unpaired) electrons. The van der Waals surface area contributed by atoms with Gasteiger partial charge in [0.2, 0.25) is 148 Å². The zero-order valence-corrected chi connectivity index (χ0v) is 88.7. The molecule has 0 saturated carbocycles. The third-order valence-corrected chi connectivity index (χ3v) is 23.3. The van der Waals surface area contributed by atoms with Gasteiger partial charge in [0.05, 0.1) is 164 Å². The molecule has 25 amide bonds. The van der Waals surface area contributed by atoms with Crippen molar-refractivity contribution < 1.29 is 120 Å². The summed E-state index contributed by atoms with van der Waals surface area (Å²) in [5, 5.41) is 5.53. The number of rotatable bonds is 65. The molecule has 0 aromatic heterocycles. The fourth-order valence-electron chi connectivity index (χ4n) is 12.7. The molecular formula is C91H160N26O25. The number of carbonyl (C=O) groups excluding carboxylic acids is 25. The first-order chi connectivity index (χ1) is 66.1. The van der Waals surface area contributed by atoms with E-state index in [2.05, 4.69) is 17.6 Å². The summed E-state index contributed by atoms with van der Waals surface area (Å²) in [5.74, 6) is -16.1. The van der Waals surface area contributed by atoms with Crippen molar-refractivity contribution in [3.05, 3.63) is 0 Å². The fraction of sp³-hybridized carbons (Fsp3) is 0.725. The van der Waals surface area contributed by atoms with Crippen molar-refractivity contribution in [1.29, 1.82) is 0 Å². The van der Waals surface area contributed by atoms with Crippen LogP contribution in [0.25, 0.3) is 0 Å². The zero-order chi connectivity index (χ0) is 109. The maximum absolute atomic E-state index is 13.3. The minimum atomic E-state index is -0.721. The second-order valence-corrected chi connectivity index (χ2v) is 36.5. The molecule has 0 aromatic rings. The third kappa shape index (κ3) is 50.7. The monoisotopic (exact) mass is 2020 g/mol. The van der Waals surface area contributed by atoms with Crippen LogP contribution in [0.2, 0.25) is 0 Å². The van der Waals surface area contributed by atoms with Crippen LogP contribution in [0, 0.1) is 0 Å². The molecule has 2 N–H and O–H groups in total. The lowest BCUT2D eigenvalue weighted by atomic mass is 10.0. The standard InChI is InChI=1S/C91H160N26O25/c1-27-28-29-30-31-32-33-34-35-36-37-38-39-40-41-93-67(118)43-94(3)69(120)45-96(5)71(122)47-98(7)73(124)49-100(9)75(126)51-102(11)77(128)53-104(13)79(130)55-106(15)81(132)57-108(17)83(134)59-110(19)85(136)61-112(21)87(138)63-114(23)89(140)65-116(25)91(142)66-117(26)90(141)64-115(24)88(139)62-113(22)86(137)60-111(20)84(135)58-109(18)82(133)56-107(16)80(131)54-105(14)78(129)52-103(12)76(127)50-101(10)74(125)48-99(8)72(123)46-97(6)70(121)44-95(4)68(119)42-92-2/h92H,27-66H2,1-26H3,(H,93,118). The van der Waals surface area contributed by atoms with Crippen molar-refractivity contribution in [3.8, 4) is 0 Å². The van der Waals surface area contributed by atoms with Crippen LogP contribution in [0.4, 0.5) is 0 Å². The molecule has 0 rings (SSSR count). The molecule has 0 saturated heterocycles. The van der Waals surface area contributed by atoms with Gasteiger partial charge >= 0.3 is 0 Å². The number of unbranched alkanes of at least 4 members (excludes halogenated alkanes) is 13. The summed E-state index contributed by atoms with van der Waals surface area (Å²) in [6.07, 6.45) is 17.1. The van der Waals surface area contributed by atoms with Gasteiger partial charge in [-0.1, -0.05) is 90.4 Å². The number of likely N-dealkylation sites (N-methyl/N-ethyl adjacent to an activating group) is 25. The number of hydrogen-bond acceptors (Lipinski definition) is 26. The van der Waals surface area contributed by atoms with E-state index in [1.807, 2.05) is 0 Å². The number of carbonyl (C=O) groups is 25. The largest absolute Gasteiger partial charge is 0.355 e. The van der Waals surface area contributed by atoms with Crippen molar-refractivity contribution >= 4 is 148 Å². The van der Waals surface area contributed by atoms with E-state index in [0.29, 0.717) is 6.54 Å². The summed E-state index contributed by atoms with van der Waals surface area (Å²) < 4.78 is 0. The van der Waals surface area contributed by atoms with Crippen molar-refractivity contribution in [3.63, 3.8) is 0 Å². The fourth-order valence-corrected chi connectivity index (χ4v) is 12.7. The average Bonchev–Trinajstić information content (AvgIpc) is 0.872. The van der Waals surface area contributed by atoms with Gasteiger partial charge in [-0.25, -0.2) is 0 Å². The minimum Gasteiger partial charge on any atom is -0.355 e. The lowest BCUT2D eigenvalue weighted by Crippen LogP contribution is -2.50. The third-order valence-electron chi connectivity index (χ3n) is 23.3. The van der Waals surface area contributed by atoms with Crippen LogP contribution >= 0.6 is 0 Å². The van der Waals surface area contributed by atoms with Gasteiger partial charge in [0, 0.05) is 176 Å². The van der Waals surface area contributed by atoms with Crippen LogP contribution in [-0.2, 0) is 120 Å². The zero-order valence-electron chi connectivity index (χ0n) is 88.7. The quantitative estimate of drug-likeness (QED) is 0.0534. The summed E-state index contributed by atoms with van der Waals surface area (Å²) in [6.45, 7) is -9.12. The van der Waals surface area contributed by atoms with Gasteiger partial charge in [-0.3, -0.25) is 120 Å². The van der Waals surface area contributed by atoms with Gasteiger partial charge < -0.3 is 128 Å². The van der Waals surface area contributed by atoms with Crippen LogP contribution in [0.3, 0.4) is 0 Å². The molecule has 804 valence electrons. The summed E-state index contributed by atoms with van der Waals surface area (Å²) in [5.41, 5.74) is 0. The van der Waals surface area contributed by atoms with E-state index in [1.165, 1.54) is 250 Å². The molecule has 51 nitrogen and oxygen atoms in total. The topological polar surface area (TPSA) is 529 Å². The van der Waals surface area contributed by atoms with E-state index < -0.39 is 273 Å². The highest BCUT2D eigenvalue weighted by molar-refractivity contribution is 5.99. The highest BCUT2D eigenvalue weighted by atomic mass is 16.2. The van der Waals surface area contributed by atoms with Gasteiger partial charge in [0.25, 0.3) is 0 Å². The van der Waals surface area contributed by atoms with Gasteiger partial charge in [-0.15, -0.1) is 0 Å². The number of amides is 25. The smallest absolute Gasteiger partial charge is 0.242 e. The highest BCUT2D eigenvalue weighted by Gasteiger charge is 2.33. The van der Waals surface area contributed by atoms with Crippen LogP contribution < -0.4 is 10.6 Å². The maximum atomic E-state index is 13.3. The summed E-state index contributed by atoms with van der Waals surface area (Å²) in [6, 6.07) is 0. The van der Waals surface area contributed by atoms with Crippen LogP contribution in [-0.4, -0.2) is 612 Å². The Labute approximate surface area is 835 Å². The number of nitrogens with one attached hydrogen (secondary N) is 2. The summed E-state index contributed by atoms with van der Waals surface area (Å²) in [7, 11) is 32.9. The second-order valence-electron chi connectivity index (χ2n) is 36.5. The molecular weight excluding hydrogens is 1860 g/mol. The molecule has 0 aliphatic rings. The Morgan fingerprint density at radius 2 is 0.239 bits per heavy atom. The Hall–Kier alpha value is -13.3. The van der Waals surface area contributed by atoms with Gasteiger partial charge in [0.15, 0.2) is 0 Å². The Kier molecular flexibility index (Phi) is 60.2. The molecule has 0 atom stereocenters. The van der Waals surface area contributed by atoms with Crippen LogP contribution in [0.15, 0.2) is 0 Å². The summed E-state index contributed by atoms with van der Waals surface area (Å²) >= 11 is 0. The van der Waals surface area contributed by atoms with Crippen molar-refractivity contribution in [2.45, 2.75) is 96.8 Å².